The number of benzene rings is 1. The van der Waals surface area contributed by atoms with Crippen molar-refractivity contribution in [3.63, 3.8) is 0 Å². The van der Waals surface area contributed by atoms with Gasteiger partial charge >= 0.3 is 0 Å². The van der Waals surface area contributed by atoms with Crippen molar-refractivity contribution in [2.45, 2.75) is 101 Å². The molecule has 6 rings (SSSR count). The fourth-order valence-electron chi connectivity index (χ4n) is 6.70. The Labute approximate surface area is 319 Å². The van der Waals surface area contributed by atoms with Crippen LogP contribution in [0.1, 0.15) is 82.9 Å². The molecule has 0 bridgehead atoms. The molecule has 2 aromatic heterocycles. The van der Waals surface area contributed by atoms with E-state index < -0.39 is 50.7 Å². The second-order valence-corrected chi connectivity index (χ2v) is 17.7. The summed E-state index contributed by atoms with van der Waals surface area (Å²) < 4.78 is 40.0. The topological polar surface area (TPSA) is 177 Å². The van der Waals surface area contributed by atoms with Crippen molar-refractivity contribution in [3.8, 4) is 22.2 Å². The molecule has 4 heterocycles. The van der Waals surface area contributed by atoms with Crippen LogP contribution in [0, 0.1) is 6.92 Å². The first-order valence-electron chi connectivity index (χ1n) is 18.3. The Morgan fingerprint density at radius 1 is 1.11 bits per heavy atom. The van der Waals surface area contributed by atoms with Gasteiger partial charge in [-0.05, 0) is 64.0 Å². The molecule has 3 aliphatic rings. The van der Waals surface area contributed by atoms with Crippen molar-refractivity contribution in [3.05, 3.63) is 47.0 Å². The smallest absolute Gasteiger partial charge is 0.259 e. The minimum Gasteiger partial charge on any atom is -0.496 e. The lowest BCUT2D eigenvalue weighted by atomic mass is 9.95. The second kappa shape index (κ2) is 15.7. The average molecular weight is 781 g/mol. The van der Waals surface area contributed by atoms with Gasteiger partial charge in [0.25, 0.3) is 5.91 Å². The SMILES string of the molecule is COc1ccc2c(O[C@@H]3C[C@H]4C(=O)N[C@@](C)(C(=O)NS(=O)(=O)C5CC5)C/C=C\CCCC(=O)N(C)CC(=O)N4C3)cc(-c3nc(C(C)C)cs3)nc2c1C. The molecule has 0 unspecified atom stereocenters. The second-order valence-electron chi connectivity index (χ2n) is 14.9. The van der Waals surface area contributed by atoms with Gasteiger partial charge in [0.05, 0.1) is 36.7 Å². The van der Waals surface area contributed by atoms with E-state index in [1.165, 1.54) is 28.1 Å². The zero-order chi connectivity index (χ0) is 38.9. The zero-order valence-corrected chi connectivity index (χ0v) is 33.1. The normalized spacial score (nSPS) is 23.8. The maximum Gasteiger partial charge on any atom is 0.259 e. The number of rotatable bonds is 8. The highest BCUT2D eigenvalue weighted by Gasteiger charge is 2.46. The lowest BCUT2D eigenvalue weighted by molar-refractivity contribution is -0.143. The minimum absolute atomic E-state index is 0.0108. The molecule has 1 saturated carbocycles. The van der Waals surface area contributed by atoms with Crippen molar-refractivity contribution in [1.82, 2.24) is 29.8 Å². The minimum atomic E-state index is -3.91. The highest BCUT2D eigenvalue weighted by Crippen LogP contribution is 2.38. The molecule has 16 heteroatoms. The molecule has 1 saturated heterocycles. The molecule has 2 aliphatic heterocycles. The molecule has 14 nitrogen and oxygen atoms in total. The summed E-state index contributed by atoms with van der Waals surface area (Å²) in [5, 5.41) is 5.58. The number of amides is 4. The maximum absolute atomic E-state index is 14.3. The van der Waals surface area contributed by atoms with E-state index in [9.17, 15) is 27.6 Å². The van der Waals surface area contributed by atoms with E-state index in [-0.39, 0.29) is 44.2 Å². The molecular formula is C38H48N6O8S2. The molecule has 0 radical (unpaired) electrons. The van der Waals surface area contributed by atoms with Gasteiger partial charge in [-0.25, -0.2) is 18.4 Å². The van der Waals surface area contributed by atoms with Gasteiger partial charge in [-0.2, -0.15) is 0 Å². The molecule has 3 atom stereocenters. The van der Waals surface area contributed by atoms with Gasteiger partial charge in [-0.3, -0.25) is 23.9 Å². The van der Waals surface area contributed by atoms with Gasteiger partial charge in [0.1, 0.15) is 39.9 Å². The van der Waals surface area contributed by atoms with Crippen LogP contribution in [0.5, 0.6) is 11.5 Å². The number of likely N-dealkylation sites (N-methyl/N-ethyl adjacent to an activating group) is 1. The first kappa shape index (κ1) is 39.1. The van der Waals surface area contributed by atoms with E-state index in [1.54, 1.807) is 26.3 Å². The number of carbonyl (C=O) groups excluding carboxylic acids is 4. The van der Waals surface area contributed by atoms with Crippen LogP contribution in [-0.4, -0.2) is 102 Å². The van der Waals surface area contributed by atoms with Crippen molar-refractivity contribution in [2.24, 2.45) is 0 Å². The van der Waals surface area contributed by atoms with Crippen LogP contribution >= 0.6 is 11.3 Å². The number of hydrogen-bond acceptors (Lipinski definition) is 11. The quantitative estimate of drug-likeness (QED) is 0.315. The number of ether oxygens (including phenoxy) is 2. The van der Waals surface area contributed by atoms with Crippen LogP contribution in [0.3, 0.4) is 0 Å². The van der Waals surface area contributed by atoms with Gasteiger partial charge < -0.3 is 24.6 Å². The molecule has 3 aromatic rings. The summed E-state index contributed by atoms with van der Waals surface area (Å²) in [6.45, 7) is 7.28. The van der Waals surface area contributed by atoms with E-state index >= 15 is 0 Å². The number of aromatic nitrogens is 2. The van der Waals surface area contributed by atoms with Crippen molar-refractivity contribution < 1.29 is 37.1 Å². The Balaban J connectivity index is 1.35. The van der Waals surface area contributed by atoms with E-state index in [0.717, 1.165) is 11.3 Å². The number of nitrogens with one attached hydrogen (secondary N) is 2. The number of allylic oxidation sites excluding steroid dienone is 1. The Morgan fingerprint density at radius 2 is 1.87 bits per heavy atom. The molecule has 1 aromatic carbocycles. The third-order valence-electron chi connectivity index (χ3n) is 10.2. The molecule has 2 fully saturated rings. The summed E-state index contributed by atoms with van der Waals surface area (Å²) in [7, 11) is -0.764. The van der Waals surface area contributed by atoms with Gasteiger partial charge in [0.2, 0.25) is 27.7 Å². The Kier molecular flexibility index (Phi) is 11.3. The highest BCUT2D eigenvalue weighted by atomic mass is 32.2. The lowest BCUT2D eigenvalue weighted by Crippen LogP contribution is -2.61. The average Bonchev–Trinajstić information content (AvgIpc) is 3.72. The Hall–Kier alpha value is -4.57. The lowest BCUT2D eigenvalue weighted by Gasteiger charge is -2.32. The number of sulfonamides is 1. The molecule has 54 heavy (non-hydrogen) atoms. The van der Waals surface area contributed by atoms with Crippen LogP contribution in [0.4, 0.5) is 0 Å². The number of nitrogens with zero attached hydrogens (tertiary/aromatic N) is 4. The highest BCUT2D eigenvalue weighted by molar-refractivity contribution is 7.91. The molecule has 0 spiro atoms. The van der Waals surface area contributed by atoms with Crippen LogP contribution in [0.25, 0.3) is 21.6 Å². The number of methoxy groups -OCH3 is 1. The number of thiazole rings is 1. The molecular weight excluding hydrogens is 733 g/mol. The Bertz CT molecular complexity index is 2100. The molecule has 2 N–H and O–H groups in total. The first-order chi connectivity index (χ1) is 25.6. The third-order valence-corrected chi connectivity index (χ3v) is 12.9. The van der Waals surface area contributed by atoms with Crippen LogP contribution in [0.15, 0.2) is 35.7 Å². The number of hydrogen-bond donors (Lipinski definition) is 2. The standard InChI is InChI=1S/C38H48N6O8S2/c1-22(2)28-21-53-36(40-28)27-18-31(26-14-15-30(51-6)23(3)34(26)39-27)52-24-17-29-35(47)41-38(4,37(48)42-54(49,50)25-12-13-25)16-10-8-7-9-11-32(45)43(5)20-33(46)44(29)19-24/h8,10,14-15,18,21-22,24-25,29H,7,9,11-13,16-17,19-20H2,1-6H3,(H,41,47)(H,42,48)/b10-8-/t24-,29+,38-/m1/s1. The van der Waals surface area contributed by atoms with Gasteiger partial charge in [-0.15, -0.1) is 11.3 Å². The third kappa shape index (κ3) is 8.38. The molecule has 4 amide bonds. The number of aryl methyl sites for hydroxylation is 1. The predicted octanol–water partition coefficient (Wildman–Crippen LogP) is 4.22. The summed E-state index contributed by atoms with van der Waals surface area (Å²) >= 11 is 1.48. The van der Waals surface area contributed by atoms with Crippen molar-refractivity contribution in [1.29, 1.82) is 0 Å². The van der Waals surface area contributed by atoms with Gasteiger partial charge in [-0.1, -0.05) is 26.0 Å². The van der Waals surface area contributed by atoms with Crippen LogP contribution in [0.2, 0.25) is 0 Å². The monoisotopic (exact) mass is 780 g/mol. The largest absolute Gasteiger partial charge is 0.496 e. The maximum atomic E-state index is 14.3. The summed E-state index contributed by atoms with van der Waals surface area (Å²) in [5.41, 5.74) is 1.34. The van der Waals surface area contributed by atoms with E-state index in [1.807, 2.05) is 30.5 Å². The van der Waals surface area contributed by atoms with Gasteiger partial charge in [0, 0.05) is 42.3 Å². The van der Waals surface area contributed by atoms with Gasteiger partial charge in [0.15, 0.2) is 0 Å². The summed E-state index contributed by atoms with van der Waals surface area (Å²) in [6.07, 6.45) is 5.04. The zero-order valence-electron chi connectivity index (χ0n) is 31.5. The molecule has 1 aliphatic carbocycles. The summed E-state index contributed by atoms with van der Waals surface area (Å²) in [4.78, 5) is 67.2. The predicted molar refractivity (Wildman–Crippen MR) is 205 cm³/mol. The summed E-state index contributed by atoms with van der Waals surface area (Å²) in [6, 6.07) is 4.41. The van der Waals surface area contributed by atoms with E-state index in [0.29, 0.717) is 58.8 Å². The molecule has 290 valence electrons. The number of fused-ring (bicyclic) bond motifs is 2. The fraction of sp³-hybridized carbons (Fsp3) is 0.526. The van der Waals surface area contributed by atoms with Crippen molar-refractivity contribution >= 4 is 55.9 Å². The van der Waals surface area contributed by atoms with Crippen molar-refractivity contribution in [2.75, 3.05) is 27.2 Å². The van der Waals surface area contributed by atoms with E-state index in [4.69, 9.17) is 19.4 Å². The Morgan fingerprint density at radius 3 is 2.56 bits per heavy atom. The van der Waals surface area contributed by atoms with E-state index in [2.05, 4.69) is 23.9 Å². The summed E-state index contributed by atoms with van der Waals surface area (Å²) in [5.74, 6) is -0.815. The van der Waals surface area contributed by atoms with Crippen LogP contribution < -0.4 is 19.5 Å². The number of carbonyl (C=O) groups is 4. The van der Waals surface area contributed by atoms with Crippen LogP contribution in [-0.2, 0) is 29.2 Å². The number of pyridine rings is 1. The fourth-order valence-corrected chi connectivity index (χ4v) is 9.05. The first-order valence-corrected chi connectivity index (χ1v) is 20.7.